The first-order valence-electron chi connectivity index (χ1n) is 3.74. The van der Waals surface area contributed by atoms with Crippen LogP contribution in [0.1, 0.15) is 13.3 Å². The standard InChI is InChI=1S/C7H16N2OS/c1-3-9-7(10)6(8)4-5-11-2/h6H,3-5,8H2,1-2H3,(H,9,10)/t6-/m0/s1. The molecular weight excluding hydrogens is 160 g/mol. The van der Waals surface area contributed by atoms with E-state index in [0.29, 0.717) is 6.54 Å². The van der Waals surface area contributed by atoms with Crippen LogP contribution in [0.15, 0.2) is 0 Å². The lowest BCUT2D eigenvalue weighted by molar-refractivity contribution is -0.122. The summed E-state index contributed by atoms with van der Waals surface area (Å²) in [7, 11) is 0. The van der Waals surface area contributed by atoms with Crippen molar-refractivity contribution in [3.63, 3.8) is 0 Å². The summed E-state index contributed by atoms with van der Waals surface area (Å²) in [4.78, 5) is 11.0. The van der Waals surface area contributed by atoms with Gasteiger partial charge in [0.1, 0.15) is 0 Å². The van der Waals surface area contributed by atoms with Crippen molar-refractivity contribution in [2.45, 2.75) is 19.4 Å². The molecule has 0 aromatic heterocycles. The number of hydrogen-bond acceptors (Lipinski definition) is 3. The van der Waals surface area contributed by atoms with Gasteiger partial charge in [-0.15, -0.1) is 0 Å². The third kappa shape index (κ3) is 5.09. The number of likely N-dealkylation sites (N-methyl/N-ethyl adjacent to an activating group) is 1. The molecule has 1 amide bonds. The van der Waals surface area contributed by atoms with Gasteiger partial charge >= 0.3 is 0 Å². The average molecular weight is 176 g/mol. The molecule has 0 spiro atoms. The van der Waals surface area contributed by atoms with Crippen molar-refractivity contribution in [2.75, 3.05) is 18.6 Å². The molecule has 3 N–H and O–H groups in total. The molecule has 66 valence electrons. The second-order valence-corrected chi connectivity index (χ2v) is 3.27. The van der Waals surface area contributed by atoms with Crippen molar-refractivity contribution in [2.24, 2.45) is 5.73 Å². The highest BCUT2D eigenvalue weighted by Crippen LogP contribution is 1.98. The second kappa shape index (κ2) is 6.49. The fraction of sp³-hybridized carbons (Fsp3) is 0.857. The van der Waals surface area contributed by atoms with Crippen molar-refractivity contribution >= 4 is 17.7 Å². The SMILES string of the molecule is CCNC(=O)[C@@H](N)CCSC. The molecule has 0 aliphatic rings. The summed E-state index contributed by atoms with van der Waals surface area (Å²) < 4.78 is 0. The predicted molar refractivity (Wildman–Crippen MR) is 49.7 cm³/mol. The zero-order chi connectivity index (χ0) is 8.69. The number of carbonyl (C=O) groups excluding carboxylic acids is 1. The summed E-state index contributed by atoms with van der Waals surface area (Å²) in [6.45, 7) is 2.55. The van der Waals surface area contributed by atoms with E-state index >= 15 is 0 Å². The van der Waals surface area contributed by atoms with Crippen molar-refractivity contribution in [3.8, 4) is 0 Å². The molecule has 0 aromatic rings. The molecule has 3 nitrogen and oxygen atoms in total. The Morgan fingerprint density at radius 1 is 1.73 bits per heavy atom. The third-order valence-electron chi connectivity index (χ3n) is 1.32. The Balaban J connectivity index is 3.46. The number of nitrogens with two attached hydrogens (primary N) is 1. The number of carbonyl (C=O) groups is 1. The van der Waals surface area contributed by atoms with Crippen molar-refractivity contribution in [3.05, 3.63) is 0 Å². The molecule has 0 unspecified atom stereocenters. The van der Waals surface area contributed by atoms with Crippen molar-refractivity contribution in [1.29, 1.82) is 0 Å². The number of thioether (sulfide) groups is 1. The summed E-state index contributed by atoms with van der Waals surface area (Å²) in [5.41, 5.74) is 5.56. The Hall–Kier alpha value is -0.220. The second-order valence-electron chi connectivity index (χ2n) is 2.28. The maximum atomic E-state index is 11.0. The van der Waals surface area contributed by atoms with Gasteiger partial charge in [0, 0.05) is 6.54 Å². The number of rotatable bonds is 5. The number of nitrogens with one attached hydrogen (secondary N) is 1. The summed E-state index contributed by atoms with van der Waals surface area (Å²) in [5, 5.41) is 2.68. The molecule has 11 heavy (non-hydrogen) atoms. The third-order valence-corrected chi connectivity index (χ3v) is 1.96. The van der Waals surface area contributed by atoms with Crippen LogP contribution in [0.2, 0.25) is 0 Å². The molecule has 0 bridgehead atoms. The van der Waals surface area contributed by atoms with E-state index in [-0.39, 0.29) is 11.9 Å². The number of amides is 1. The van der Waals surface area contributed by atoms with Crippen molar-refractivity contribution in [1.82, 2.24) is 5.32 Å². The summed E-state index contributed by atoms with van der Waals surface area (Å²) in [5.74, 6) is 0.903. The maximum absolute atomic E-state index is 11.0. The van der Waals surface area contributed by atoms with Crippen LogP contribution in [-0.2, 0) is 4.79 Å². The molecule has 4 heteroatoms. The van der Waals surface area contributed by atoms with Gasteiger partial charge in [0.25, 0.3) is 0 Å². The van der Waals surface area contributed by atoms with Crippen LogP contribution in [-0.4, -0.2) is 30.5 Å². The molecule has 0 aliphatic carbocycles. The molecule has 0 aromatic carbocycles. The highest BCUT2D eigenvalue weighted by Gasteiger charge is 2.10. The zero-order valence-corrected chi connectivity index (χ0v) is 7.91. The van der Waals surface area contributed by atoms with Gasteiger partial charge in [0.2, 0.25) is 5.91 Å². The highest BCUT2D eigenvalue weighted by atomic mass is 32.2. The zero-order valence-electron chi connectivity index (χ0n) is 7.09. The molecule has 0 saturated carbocycles. The molecular formula is C7H16N2OS. The van der Waals surface area contributed by atoms with Gasteiger partial charge in [-0.3, -0.25) is 4.79 Å². The Morgan fingerprint density at radius 3 is 2.82 bits per heavy atom. The normalized spacial score (nSPS) is 12.6. The van der Waals surface area contributed by atoms with Gasteiger partial charge in [-0.2, -0.15) is 11.8 Å². The summed E-state index contributed by atoms with van der Waals surface area (Å²) in [6.07, 6.45) is 2.76. The molecule has 0 heterocycles. The highest BCUT2D eigenvalue weighted by molar-refractivity contribution is 7.98. The van der Waals surface area contributed by atoms with Crippen LogP contribution in [0.25, 0.3) is 0 Å². The lowest BCUT2D eigenvalue weighted by atomic mass is 10.2. The molecule has 0 radical (unpaired) electrons. The Kier molecular flexibility index (Phi) is 6.36. The smallest absolute Gasteiger partial charge is 0.236 e. The van der Waals surface area contributed by atoms with Crippen LogP contribution in [0, 0.1) is 0 Å². The van der Waals surface area contributed by atoms with E-state index in [0.717, 1.165) is 12.2 Å². The Bertz CT molecular complexity index is 119. The number of hydrogen-bond donors (Lipinski definition) is 2. The fourth-order valence-corrected chi connectivity index (χ4v) is 1.17. The van der Waals surface area contributed by atoms with Gasteiger partial charge in [0.05, 0.1) is 6.04 Å². The van der Waals surface area contributed by atoms with E-state index in [2.05, 4.69) is 5.32 Å². The van der Waals surface area contributed by atoms with E-state index in [1.165, 1.54) is 0 Å². The first-order valence-corrected chi connectivity index (χ1v) is 5.14. The van der Waals surface area contributed by atoms with Crippen LogP contribution in [0.4, 0.5) is 0 Å². The van der Waals surface area contributed by atoms with Crippen molar-refractivity contribution < 1.29 is 4.79 Å². The van der Waals surface area contributed by atoms with Gasteiger partial charge in [0.15, 0.2) is 0 Å². The molecule has 0 aliphatic heterocycles. The quantitative estimate of drug-likeness (QED) is 0.629. The van der Waals surface area contributed by atoms with E-state index in [4.69, 9.17) is 5.73 Å². The Labute approximate surface area is 72.1 Å². The minimum atomic E-state index is -0.331. The van der Waals surface area contributed by atoms with E-state index < -0.39 is 0 Å². The molecule has 0 saturated heterocycles. The first-order chi connectivity index (χ1) is 5.22. The van der Waals surface area contributed by atoms with Crippen LogP contribution < -0.4 is 11.1 Å². The monoisotopic (exact) mass is 176 g/mol. The van der Waals surface area contributed by atoms with Gasteiger partial charge in [-0.05, 0) is 25.4 Å². The molecule has 0 rings (SSSR count). The largest absolute Gasteiger partial charge is 0.355 e. The first kappa shape index (κ1) is 10.8. The summed E-state index contributed by atoms with van der Waals surface area (Å²) in [6, 6.07) is -0.331. The maximum Gasteiger partial charge on any atom is 0.236 e. The van der Waals surface area contributed by atoms with E-state index in [1.54, 1.807) is 11.8 Å². The minimum absolute atomic E-state index is 0.0402. The minimum Gasteiger partial charge on any atom is -0.355 e. The van der Waals surface area contributed by atoms with Gasteiger partial charge in [-0.1, -0.05) is 0 Å². The van der Waals surface area contributed by atoms with E-state index in [1.807, 2.05) is 13.2 Å². The molecule has 1 atom stereocenters. The van der Waals surface area contributed by atoms with E-state index in [9.17, 15) is 4.79 Å². The van der Waals surface area contributed by atoms with Gasteiger partial charge in [-0.25, -0.2) is 0 Å². The topological polar surface area (TPSA) is 55.1 Å². The fourth-order valence-electron chi connectivity index (χ4n) is 0.681. The average Bonchev–Trinajstić information content (AvgIpc) is 2.00. The summed E-state index contributed by atoms with van der Waals surface area (Å²) >= 11 is 1.71. The predicted octanol–water partition coefficient (Wildman–Crippen LogP) is 0.203. The lowest BCUT2D eigenvalue weighted by Gasteiger charge is -2.09. The Morgan fingerprint density at radius 2 is 2.36 bits per heavy atom. The van der Waals surface area contributed by atoms with Crippen LogP contribution in [0.5, 0.6) is 0 Å². The van der Waals surface area contributed by atoms with Crippen LogP contribution in [0.3, 0.4) is 0 Å². The van der Waals surface area contributed by atoms with Gasteiger partial charge < -0.3 is 11.1 Å². The van der Waals surface area contributed by atoms with Crippen LogP contribution >= 0.6 is 11.8 Å². The molecule has 0 fully saturated rings. The lowest BCUT2D eigenvalue weighted by Crippen LogP contribution is -2.40.